The molecule has 4 rings (SSSR count). The number of aromatic nitrogens is 1. The summed E-state index contributed by atoms with van der Waals surface area (Å²) in [6, 6.07) is 15.7. The first kappa shape index (κ1) is 17.7. The van der Waals surface area contributed by atoms with Crippen LogP contribution in [0.5, 0.6) is 0 Å². The van der Waals surface area contributed by atoms with Gasteiger partial charge in [0.2, 0.25) is 0 Å². The zero-order chi connectivity index (χ0) is 19.2. The molecule has 3 aromatic rings. The van der Waals surface area contributed by atoms with Gasteiger partial charge in [-0.1, -0.05) is 31.2 Å². The number of fused-ring (bicyclic) bond motifs is 2. The highest BCUT2D eigenvalue weighted by molar-refractivity contribution is 7.71. The van der Waals surface area contributed by atoms with Gasteiger partial charge in [-0.15, -0.1) is 0 Å². The van der Waals surface area contributed by atoms with E-state index in [-0.39, 0.29) is 5.91 Å². The van der Waals surface area contributed by atoms with Crippen molar-refractivity contribution in [3.05, 3.63) is 65.4 Å². The van der Waals surface area contributed by atoms with E-state index in [1.54, 1.807) is 6.66 Å². The number of hydrogen-bond acceptors (Lipinski definition) is 3. The molecule has 0 spiro atoms. The molecule has 4 nitrogen and oxygen atoms in total. The first-order valence-corrected chi connectivity index (χ1v) is 11.3. The Hall–Kier alpha value is -2.71. The van der Waals surface area contributed by atoms with E-state index in [0.29, 0.717) is 17.4 Å². The summed E-state index contributed by atoms with van der Waals surface area (Å²) in [6.45, 7) is 5.66. The predicted octanol–water partition coefficient (Wildman–Crippen LogP) is 4.67. The van der Waals surface area contributed by atoms with Crippen molar-refractivity contribution in [3.63, 3.8) is 0 Å². The fourth-order valence-corrected chi connectivity index (χ4v) is 4.88. The Balaban J connectivity index is 1.88. The number of benzene rings is 2. The van der Waals surface area contributed by atoms with Crippen LogP contribution in [-0.2, 0) is 9.36 Å². The van der Waals surface area contributed by atoms with Crippen molar-refractivity contribution >= 4 is 46.6 Å². The molecule has 1 unspecified atom stereocenters. The van der Waals surface area contributed by atoms with E-state index in [2.05, 4.69) is 10.3 Å². The van der Waals surface area contributed by atoms with Gasteiger partial charge in [0.25, 0.3) is 5.91 Å². The number of carbonyl (C=O) groups excluding carboxylic acids is 1. The average Bonchev–Trinajstić information content (AvgIpc) is 2.96. The molecule has 5 heteroatoms. The van der Waals surface area contributed by atoms with Crippen molar-refractivity contribution < 1.29 is 9.36 Å². The van der Waals surface area contributed by atoms with Gasteiger partial charge in [-0.25, -0.2) is 4.98 Å². The normalized spacial score (nSPS) is 17.0. The van der Waals surface area contributed by atoms with E-state index >= 15 is 0 Å². The fourth-order valence-electron chi connectivity index (χ4n) is 3.41. The van der Waals surface area contributed by atoms with Gasteiger partial charge < -0.3 is 9.88 Å². The van der Waals surface area contributed by atoms with Gasteiger partial charge in [0.05, 0.1) is 22.5 Å². The zero-order valence-corrected chi connectivity index (χ0v) is 16.5. The molecule has 136 valence electrons. The molecule has 1 aromatic heterocycles. The minimum atomic E-state index is -2.52. The maximum absolute atomic E-state index is 13.0. The van der Waals surface area contributed by atoms with Gasteiger partial charge in [0.15, 0.2) is 0 Å². The molecule has 2 aromatic carbocycles. The minimum Gasteiger partial charge on any atom is -0.321 e. The molecule has 0 fully saturated rings. The van der Waals surface area contributed by atoms with Crippen LogP contribution >= 0.6 is 7.14 Å². The second-order valence-corrected chi connectivity index (χ2v) is 10.4. The number of anilines is 1. The van der Waals surface area contributed by atoms with Gasteiger partial charge in [-0.05, 0) is 49.5 Å². The monoisotopic (exact) mass is 376 g/mol. The molecule has 0 bridgehead atoms. The van der Waals surface area contributed by atoms with E-state index in [0.717, 1.165) is 33.0 Å². The number of nitrogens with zero attached hydrogens (tertiary/aromatic N) is 1. The highest BCUT2D eigenvalue weighted by Crippen LogP contribution is 2.46. The van der Waals surface area contributed by atoms with Gasteiger partial charge >= 0.3 is 0 Å². The topological polar surface area (TPSA) is 59.1 Å². The molecule has 0 saturated heterocycles. The van der Waals surface area contributed by atoms with E-state index in [4.69, 9.17) is 0 Å². The molecule has 1 aliphatic rings. The Morgan fingerprint density at radius 2 is 1.93 bits per heavy atom. The number of nitrogens with one attached hydrogen (secondary N) is 1. The lowest BCUT2D eigenvalue weighted by Gasteiger charge is -2.16. The van der Waals surface area contributed by atoms with Crippen molar-refractivity contribution in [2.75, 3.05) is 18.1 Å². The highest BCUT2D eigenvalue weighted by Gasteiger charge is 2.31. The Kier molecular flexibility index (Phi) is 4.24. The highest BCUT2D eigenvalue weighted by atomic mass is 31.2. The quantitative estimate of drug-likeness (QED) is 0.534. The standard InChI is InChI=1S/C22H21N2O2P/c1-4-27(3,26)20-12-14(2)11-17-18(22(25)24-21(17)20)13-16-10-9-15-7-5-6-8-19(15)23-16/h5-13H,4H2,1-3H3,(H,24,25)/b18-13-. The van der Waals surface area contributed by atoms with Crippen LogP contribution in [0.1, 0.15) is 23.7 Å². The summed E-state index contributed by atoms with van der Waals surface area (Å²) in [7, 11) is -2.52. The molecule has 0 aliphatic carbocycles. The number of carbonyl (C=O) groups is 1. The lowest BCUT2D eigenvalue weighted by atomic mass is 10.0. The fraction of sp³-hybridized carbons (Fsp3) is 0.182. The molecule has 27 heavy (non-hydrogen) atoms. The first-order chi connectivity index (χ1) is 12.9. The van der Waals surface area contributed by atoms with Crippen LogP contribution in [0.25, 0.3) is 22.6 Å². The van der Waals surface area contributed by atoms with Crippen LogP contribution < -0.4 is 10.6 Å². The van der Waals surface area contributed by atoms with E-state index < -0.39 is 7.14 Å². The summed E-state index contributed by atoms with van der Waals surface area (Å²) in [5.74, 6) is -0.178. The molecule has 0 saturated carbocycles. The van der Waals surface area contributed by atoms with Gasteiger partial charge in [-0.2, -0.15) is 0 Å². The number of hydrogen-bond donors (Lipinski definition) is 1. The van der Waals surface area contributed by atoms with E-state index in [1.165, 1.54) is 0 Å². The van der Waals surface area contributed by atoms with Gasteiger partial charge in [0.1, 0.15) is 7.14 Å². The van der Waals surface area contributed by atoms with Crippen molar-refractivity contribution in [2.45, 2.75) is 13.8 Å². The van der Waals surface area contributed by atoms with Crippen LogP contribution in [0.15, 0.2) is 48.5 Å². The Morgan fingerprint density at radius 1 is 1.15 bits per heavy atom. The second kappa shape index (κ2) is 6.47. The van der Waals surface area contributed by atoms with Crippen molar-refractivity contribution in [2.24, 2.45) is 0 Å². The summed E-state index contributed by atoms with van der Waals surface area (Å²) >= 11 is 0. The number of rotatable bonds is 3. The molecule has 1 amide bonds. The Bertz CT molecular complexity index is 1160. The lowest BCUT2D eigenvalue weighted by Crippen LogP contribution is -2.14. The third-order valence-corrected chi connectivity index (χ3v) is 7.64. The van der Waals surface area contributed by atoms with E-state index in [9.17, 15) is 9.36 Å². The summed E-state index contributed by atoms with van der Waals surface area (Å²) < 4.78 is 13.0. The van der Waals surface area contributed by atoms with Crippen molar-refractivity contribution in [1.29, 1.82) is 0 Å². The molecule has 1 N–H and O–H groups in total. The smallest absolute Gasteiger partial charge is 0.256 e. The van der Waals surface area contributed by atoms with Crippen LogP contribution in [-0.4, -0.2) is 23.7 Å². The summed E-state index contributed by atoms with van der Waals surface area (Å²) in [4.78, 5) is 17.3. The molecule has 1 aliphatic heterocycles. The maximum Gasteiger partial charge on any atom is 0.256 e. The molecular formula is C22H21N2O2P. The Morgan fingerprint density at radius 3 is 2.70 bits per heavy atom. The van der Waals surface area contributed by atoms with Crippen LogP contribution in [0.3, 0.4) is 0 Å². The Labute approximate surface area is 158 Å². The van der Waals surface area contributed by atoms with E-state index in [1.807, 2.05) is 68.5 Å². The molecule has 0 radical (unpaired) electrons. The summed E-state index contributed by atoms with van der Waals surface area (Å²) in [5.41, 5.74) is 4.66. The molecule has 2 heterocycles. The third-order valence-electron chi connectivity index (χ3n) is 5.06. The number of para-hydroxylation sites is 1. The number of amides is 1. The lowest BCUT2D eigenvalue weighted by molar-refractivity contribution is -0.110. The van der Waals surface area contributed by atoms with Crippen LogP contribution in [0.4, 0.5) is 5.69 Å². The summed E-state index contributed by atoms with van der Waals surface area (Å²) in [6.07, 6.45) is 2.37. The van der Waals surface area contributed by atoms with Gasteiger partial charge in [-0.3, -0.25) is 4.79 Å². The third kappa shape index (κ3) is 3.11. The average molecular weight is 376 g/mol. The van der Waals surface area contributed by atoms with Crippen LogP contribution in [0.2, 0.25) is 0 Å². The number of aryl methyl sites for hydroxylation is 1. The second-order valence-electron chi connectivity index (χ2n) is 7.06. The van der Waals surface area contributed by atoms with Crippen molar-refractivity contribution in [1.82, 2.24) is 4.98 Å². The zero-order valence-electron chi connectivity index (χ0n) is 15.6. The maximum atomic E-state index is 13.0. The summed E-state index contributed by atoms with van der Waals surface area (Å²) in [5, 5.41) is 4.75. The van der Waals surface area contributed by atoms with Gasteiger partial charge in [0, 0.05) is 22.4 Å². The molecular weight excluding hydrogens is 355 g/mol. The predicted molar refractivity (Wildman–Crippen MR) is 113 cm³/mol. The molecule has 1 atom stereocenters. The first-order valence-electron chi connectivity index (χ1n) is 9.00. The van der Waals surface area contributed by atoms with Crippen LogP contribution in [0, 0.1) is 6.92 Å². The SMILES string of the molecule is CCP(C)(=O)c1cc(C)cc2c1NC(=O)/C2=C\c1ccc2ccccc2n1. The van der Waals surface area contributed by atoms with Crippen molar-refractivity contribution in [3.8, 4) is 0 Å². The number of pyridine rings is 1. The minimum absolute atomic E-state index is 0.178. The largest absolute Gasteiger partial charge is 0.321 e.